The van der Waals surface area contributed by atoms with Crippen molar-refractivity contribution in [2.45, 2.75) is 13.5 Å². The van der Waals surface area contributed by atoms with Gasteiger partial charge in [0.25, 0.3) is 0 Å². The van der Waals surface area contributed by atoms with Crippen LogP contribution in [0.5, 0.6) is 0 Å². The molecule has 0 saturated heterocycles. The first kappa shape index (κ1) is 12.4. The van der Waals surface area contributed by atoms with E-state index >= 15 is 0 Å². The lowest BCUT2D eigenvalue weighted by Gasteiger charge is -2.21. The average molecular weight is 245 g/mol. The number of nitrogen functional groups attached to an aromatic ring is 1. The van der Waals surface area contributed by atoms with E-state index in [0.29, 0.717) is 17.8 Å². The summed E-state index contributed by atoms with van der Waals surface area (Å²) in [6, 6.07) is 7.02. The number of nitrogens with zero attached hydrogens (tertiary/aromatic N) is 2. The molecule has 0 unspecified atom stereocenters. The Hall–Kier alpha value is -2.10. The fourth-order valence-electron chi connectivity index (χ4n) is 1.86. The van der Waals surface area contributed by atoms with Crippen LogP contribution in [-0.4, -0.2) is 12.0 Å². The van der Waals surface area contributed by atoms with Crippen molar-refractivity contribution in [2.24, 2.45) is 0 Å². The van der Waals surface area contributed by atoms with Crippen LogP contribution in [0.3, 0.4) is 0 Å². The maximum Gasteiger partial charge on any atom is 0.128 e. The van der Waals surface area contributed by atoms with E-state index in [1.807, 2.05) is 30.3 Å². The molecule has 0 atom stereocenters. The van der Waals surface area contributed by atoms with E-state index in [4.69, 9.17) is 5.73 Å². The number of aryl methyl sites for hydroxylation is 1. The van der Waals surface area contributed by atoms with Gasteiger partial charge in [0.05, 0.1) is 11.4 Å². The van der Waals surface area contributed by atoms with E-state index in [-0.39, 0.29) is 5.82 Å². The Labute approximate surface area is 106 Å². The molecule has 0 saturated carbocycles. The van der Waals surface area contributed by atoms with Crippen LogP contribution in [0.25, 0.3) is 0 Å². The van der Waals surface area contributed by atoms with Crippen LogP contribution in [0.2, 0.25) is 0 Å². The Morgan fingerprint density at radius 3 is 2.83 bits per heavy atom. The summed E-state index contributed by atoms with van der Waals surface area (Å²) in [7, 11) is 1.93. The van der Waals surface area contributed by atoms with Gasteiger partial charge in [-0.2, -0.15) is 0 Å². The third-order valence-corrected chi connectivity index (χ3v) is 2.86. The van der Waals surface area contributed by atoms with Gasteiger partial charge in [0.2, 0.25) is 0 Å². The van der Waals surface area contributed by atoms with Crippen molar-refractivity contribution in [3.8, 4) is 0 Å². The number of hydrogen-bond donors (Lipinski definition) is 1. The second-order valence-electron chi connectivity index (χ2n) is 4.38. The first-order chi connectivity index (χ1) is 8.58. The van der Waals surface area contributed by atoms with Gasteiger partial charge in [-0.05, 0) is 36.2 Å². The van der Waals surface area contributed by atoms with Gasteiger partial charge in [0.1, 0.15) is 5.82 Å². The smallest absolute Gasteiger partial charge is 0.128 e. The van der Waals surface area contributed by atoms with Crippen molar-refractivity contribution in [3.05, 3.63) is 53.6 Å². The molecule has 0 aliphatic heterocycles. The molecular weight excluding hydrogens is 229 g/mol. The molecule has 0 aliphatic rings. The van der Waals surface area contributed by atoms with E-state index in [9.17, 15) is 4.39 Å². The summed E-state index contributed by atoms with van der Waals surface area (Å²) in [4.78, 5) is 6.05. The van der Waals surface area contributed by atoms with Gasteiger partial charge in [0.15, 0.2) is 0 Å². The summed E-state index contributed by atoms with van der Waals surface area (Å²) in [5, 5.41) is 0. The lowest BCUT2D eigenvalue weighted by atomic mass is 10.1. The Balaban J connectivity index is 2.24. The molecule has 1 aromatic heterocycles. The number of pyridine rings is 1. The highest BCUT2D eigenvalue weighted by molar-refractivity contribution is 5.68. The predicted octanol–water partition coefficient (Wildman–Crippen LogP) is 2.75. The van der Waals surface area contributed by atoms with Crippen molar-refractivity contribution in [1.29, 1.82) is 0 Å². The standard InChI is InChI=1S/C14H16FN3/c1-10-6-14(13(16)7-12(10)15)18(2)9-11-4-3-5-17-8-11/h3-8H,9,16H2,1-2H3. The summed E-state index contributed by atoms with van der Waals surface area (Å²) in [6.07, 6.45) is 3.54. The lowest BCUT2D eigenvalue weighted by Crippen LogP contribution is -2.18. The lowest BCUT2D eigenvalue weighted by molar-refractivity contribution is 0.619. The fourth-order valence-corrected chi connectivity index (χ4v) is 1.86. The number of nitrogens with two attached hydrogens (primary N) is 1. The van der Waals surface area contributed by atoms with Crippen LogP contribution in [0.4, 0.5) is 15.8 Å². The molecule has 0 spiro atoms. The SMILES string of the molecule is Cc1cc(N(C)Cc2cccnc2)c(N)cc1F. The molecule has 0 radical (unpaired) electrons. The second-order valence-corrected chi connectivity index (χ2v) is 4.38. The Bertz CT molecular complexity index is 540. The van der Waals surface area contributed by atoms with Gasteiger partial charge in [-0.3, -0.25) is 4.98 Å². The highest BCUT2D eigenvalue weighted by atomic mass is 19.1. The predicted molar refractivity (Wildman–Crippen MR) is 71.9 cm³/mol. The van der Waals surface area contributed by atoms with Gasteiger partial charge in [0, 0.05) is 26.0 Å². The number of hydrogen-bond acceptors (Lipinski definition) is 3. The molecule has 1 heterocycles. The first-order valence-electron chi connectivity index (χ1n) is 5.73. The highest BCUT2D eigenvalue weighted by Crippen LogP contribution is 2.26. The van der Waals surface area contributed by atoms with Gasteiger partial charge in [-0.15, -0.1) is 0 Å². The molecule has 18 heavy (non-hydrogen) atoms. The molecular formula is C14H16FN3. The molecule has 0 amide bonds. The fraction of sp³-hybridized carbons (Fsp3) is 0.214. The van der Waals surface area contributed by atoms with Crippen LogP contribution in [0, 0.1) is 12.7 Å². The normalized spacial score (nSPS) is 10.4. The second kappa shape index (κ2) is 5.04. The molecule has 1 aromatic carbocycles. The number of aromatic nitrogens is 1. The maximum absolute atomic E-state index is 13.3. The number of rotatable bonds is 3. The van der Waals surface area contributed by atoms with E-state index in [1.165, 1.54) is 6.07 Å². The molecule has 4 heteroatoms. The third-order valence-electron chi connectivity index (χ3n) is 2.86. The molecule has 0 bridgehead atoms. The minimum Gasteiger partial charge on any atom is -0.397 e. The molecule has 2 rings (SSSR count). The highest BCUT2D eigenvalue weighted by Gasteiger charge is 2.09. The van der Waals surface area contributed by atoms with Crippen LogP contribution < -0.4 is 10.6 Å². The van der Waals surface area contributed by atoms with Gasteiger partial charge in [-0.25, -0.2) is 4.39 Å². The quantitative estimate of drug-likeness (QED) is 0.845. The van der Waals surface area contributed by atoms with Gasteiger partial charge < -0.3 is 10.6 Å². The van der Waals surface area contributed by atoms with Crippen molar-refractivity contribution < 1.29 is 4.39 Å². The molecule has 2 aromatic rings. The van der Waals surface area contributed by atoms with Crippen LogP contribution >= 0.6 is 0 Å². The number of anilines is 2. The molecule has 0 aliphatic carbocycles. The Morgan fingerprint density at radius 1 is 1.39 bits per heavy atom. The topological polar surface area (TPSA) is 42.2 Å². The Kier molecular flexibility index (Phi) is 3.46. The van der Waals surface area contributed by atoms with Crippen molar-refractivity contribution in [2.75, 3.05) is 17.7 Å². The third kappa shape index (κ3) is 2.59. The largest absolute Gasteiger partial charge is 0.397 e. The van der Waals surface area contributed by atoms with E-state index in [1.54, 1.807) is 19.2 Å². The maximum atomic E-state index is 13.3. The number of benzene rings is 1. The van der Waals surface area contributed by atoms with E-state index in [2.05, 4.69) is 4.98 Å². The summed E-state index contributed by atoms with van der Waals surface area (Å²) in [5.41, 5.74) is 8.81. The number of halogens is 1. The van der Waals surface area contributed by atoms with Crippen LogP contribution in [0.1, 0.15) is 11.1 Å². The molecule has 0 fully saturated rings. The van der Waals surface area contributed by atoms with Gasteiger partial charge in [-0.1, -0.05) is 6.07 Å². The minimum atomic E-state index is -0.272. The van der Waals surface area contributed by atoms with Crippen LogP contribution in [-0.2, 0) is 6.54 Å². The van der Waals surface area contributed by atoms with Gasteiger partial charge >= 0.3 is 0 Å². The molecule has 2 N–H and O–H groups in total. The summed E-state index contributed by atoms with van der Waals surface area (Å²) in [5.74, 6) is -0.272. The van der Waals surface area contributed by atoms with E-state index < -0.39 is 0 Å². The minimum absolute atomic E-state index is 0.272. The summed E-state index contributed by atoms with van der Waals surface area (Å²) < 4.78 is 13.3. The van der Waals surface area contributed by atoms with Crippen molar-refractivity contribution >= 4 is 11.4 Å². The zero-order chi connectivity index (χ0) is 13.1. The molecule has 94 valence electrons. The first-order valence-corrected chi connectivity index (χ1v) is 5.73. The van der Waals surface area contributed by atoms with Crippen molar-refractivity contribution in [3.63, 3.8) is 0 Å². The zero-order valence-corrected chi connectivity index (χ0v) is 10.5. The average Bonchev–Trinajstić information content (AvgIpc) is 2.35. The summed E-state index contributed by atoms with van der Waals surface area (Å²) >= 11 is 0. The summed E-state index contributed by atoms with van der Waals surface area (Å²) in [6.45, 7) is 2.42. The monoisotopic (exact) mass is 245 g/mol. The molecule has 3 nitrogen and oxygen atoms in total. The Morgan fingerprint density at radius 2 is 2.17 bits per heavy atom. The van der Waals surface area contributed by atoms with E-state index in [0.717, 1.165) is 11.3 Å². The van der Waals surface area contributed by atoms with Crippen molar-refractivity contribution in [1.82, 2.24) is 4.98 Å². The zero-order valence-electron chi connectivity index (χ0n) is 10.5. The van der Waals surface area contributed by atoms with Crippen LogP contribution in [0.15, 0.2) is 36.7 Å².